The second kappa shape index (κ2) is 7.10. The van der Waals surface area contributed by atoms with Gasteiger partial charge in [0.2, 0.25) is 0 Å². The van der Waals surface area contributed by atoms with Crippen LogP contribution in [-0.2, 0) is 11.3 Å². The molecular weight excluding hydrogens is 312 g/mol. The lowest BCUT2D eigenvalue weighted by atomic mass is 10.3. The number of benzene rings is 1. The van der Waals surface area contributed by atoms with E-state index in [9.17, 15) is 4.79 Å². The first-order valence-corrected chi connectivity index (χ1v) is 6.84. The molecule has 2 aromatic rings. The minimum absolute atomic E-state index is 0.0495. The largest absolute Gasteiger partial charge is 0.495 e. The second-order valence-corrected chi connectivity index (χ2v) is 4.91. The number of nitrogens with one attached hydrogen (secondary N) is 2. The molecule has 2 N–H and O–H groups in total. The van der Waals surface area contributed by atoms with E-state index in [0.29, 0.717) is 28.8 Å². The van der Waals surface area contributed by atoms with Crippen molar-refractivity contribution in [3.8, 4) is 5.75 Å². The van der Waals surface area contributed by atoms with Crippen molar-refractivity contribution in [3.63, 3.8) is 0 Å². The number of carbonyl (C=O) groups excluding carboxylic acids is 1. The smallest absolute Gasteiger partial charge is 0.283 e. The maximum Gasteiger partial charge on any atom is 0.283 e. The van der Waals surface area contributed by atoms with Crippen LogP contribution in [0.3, 0.4) is 0 Å². The van der Waals surface area contributed by atoms with E-state index in [4.69, 9.17) is 33.0 Å². The van der Waals surface area contributed by atoms with Gasteiger partial charge in [-0.05, 0) is 30.3 Å². The van der Waals surface area contributed by atoms with Gasteiger partial charge in [0.25, 0.3) is 5.91 Å². The zero-order valence-corrected chi connectivity index (χ0v) is 12.8. The summed E-state index contributed by atoms with van der Waals surface area (Å²) in [5.41, 5.74) is 0.456. The number of ether oxygens (including phenoxy) is 1. The van der Waals surface area contributed by atoms with Gasteiger partial charge in [0.15, 0.2) is 4.99 Å². The Morgan fingerprint density at radius 3 is 2.90 bits per heavy atom. The number of methoxy groups -OCH3 is 1. The molecule has 1 heterocycles. The molecule has 0 saturated heterocycles. The van der Waals surface area contributed by atoms with Crippen molar-refractivity contribution in [2.75, 3.05) is 12.4 Å². The molecular formula is C14H13ClN2O3S. The summed E-state index contributed by atoms with van der Waals surface area (Å²) in [6, 6.07) is 8.47. The van der Waals surface area contributed by atoms with Crippen LogP contribution in [0.4, 0.5) is 5.69 Å². The molecule has 0 aliphatic carbocycles. The van der Waals surface area contributed by atoms with Gasteiger partial charge in [-0.25, -0.2) is 0 Å². The molecule has 0 atom stereocenters. The molecule has 1 amide bonds. The predicted octanol–water partition coefficient (Wildman–Crippen LogP) is 3.00. The van der Waals surface area contributed by atoms with Crippen molar-refractivity contribution in [3.05, 3.63) is 47.4 Å². The molecule has 0 unspecified atom stereocenters. The van der Waals surface area contributed by atoms with Crippen molar-refractivity contribution in [2.45, 2.75) is 6.54 Å². The summed E-state index contributed by atoms with van der Waals surface area (Å²) in [5.74, 6) is 0.740. The number of furan rings is 1. The maximum absolute atomic E-state index is 12.0. The van der Waals surface area contributed by atoms with Crippen molar-refractivity contribution in [1.29, 1.82) is 0 Å². The Balaban J connectivity index is 1.97. The van der Waals surface area contributed by atoms with Crippen molar-refractivity contribution in [2.24, 2.45) is 0 Å². The number of anilines is 1. The molecule has 7 heteroatoms. The molecule has 2 rings (SSSR count). The maximum atomic E-state index is 12.0. The molecule has 0 spiro atoms. The Labute approximate surface area is 132 Å². The van der Waals surface area contributed by atoms with E-state index in [1.165, 1.54) is 7.11 Å². The highest BCUT2D eigenvalue weighted by Gasteiger charge is 2.13. The Hall–Kier alpha value is -2.05. The van der Waals surface area contributed by atoms with Gasteiger partial charge in [0, 0.05) is 5.02 Å². The van der Waals surface area contributed by atoms with Crippen LogP contribution in [0.2, 0.25) is 5.02 Å². The predicted molar refractivity (Wildman–Crippen MR) is 84.8 cm³/mol. The average Bonchev–Trinajstić information content (AvgIpc) is 2.98. The fraction of sp³-hybridized carbons (Fsp3) is 0.143. The molecule has 0 saturated carbocycles. The second-order valence-electron chi connectivity index (χ2n) is 4.06. The summed E-state index contributed by atoms with van der Waals surface area (Å²) in [7, 11) is 1.51. The quantitative estimate of drug-likeness (QED) is 0.846. The molecule has 0 aliphatic rings. The standard InChI is InChI=1S/C14H13ClN2O3S/c1-19-12-5-4-9(15)7-11(12)17-13(18)14(21)16-8-10-3-2-6-20-10/h2-7H,8H2,1H3,(H,16,21)(H,17,18). The van der Waals surface area contributed by atoms with Crippen molar-refractivity contribution < 1.29 is 13.9 Å². The third-order valence-electron chi connectivity index (χ3n) is 2.62. The van der Waals surface area contributed by atoms with Crippen LogP contribution in [0.15, 0.2) is 41.0 Å². The zero-order chi connectivity index (χ0) is 15.2. The molecule has 21 heavy (non-hydrogen) atoms. The van der Waals surface area contributed by atoms with E-state index < -0.39 is 5.91 Å². The summed E-state index contributed by atoms with van der Waals surface area (Å²) in [6.07, 6.45) is 1.55. The van der Waals surface area contributed by atoms with E-state index in [1.807, 2.05) is 0 Å². The molecule has 1 aromatic heterocycles. The van der Waals surface area contributed by atoms with Crippen LogP contribution in [-0.4, -0.2) is 18.0 Å². The fourth-order valence-corrected chi connectivity index (χ4v) is 1.91. The van der Waals surface area contributed by atoms with Crippen LogP contribution < -0.4 is 15.4 Å². The first-order chi connectivity index (χ1) is 10.1. The lowest BCUT2D eigenvalue weighted by Crippen LogP contribution is -2.33. The molecule has 1 aromatic carbocycles. The van der Waals surface area contributed by atoms with Crippen LogP contribution in [0.5, 0.6) is 5.75 Å². The van der Waals surface area contributed by atoms with E-state index >= 15 is 0 Å². The Kier molecular flexibility index (Phi) is 5.19. The lowest BCUT2D eigenvalue weighted by Gasteiger charge is -2.11. The van der Waals surface area contributed by atoms with Gasteiger partial charge in [0.05, 0.1) is 25.6 Å². The molecule has 0 fully saturated rings. The van der Waals surface area contributed by atoms with Gasteiger partial charge >= 0.3 is 0 Å². The van der Waals surface area contributed by atoms with Gasteiger partial charge in [0.1, 0.15) is 11.5 Å². The number of hydrogen-bond donors (Lipinski definition) is 2. The molecule has 0 radical (unpaired) electrons. The Bertz CT molecular complexity index is 644. The first-order valence-electron chi connectivity index (χ1n) is 6.05. The highest BCUT2D eigenvalue weighted by molar-refractivity contribution is 7.82. The van der Waals surface area contributed by atoms with Gasteiger partial charge in [-0.1, -0.05) is 23.8 Å². The lowest BCUT2D eigenvalue weighted by molar-refractivity contribution is -0.110. The highest BCUT2D eigenvalue weighted by Crippen LogP contribution is 2.27. The summed E-state index contributed by atoms with van der Waals surface area (Å²) in [4.78, 5) is 12.1. The summed E-state index contributed by atoms with van der Waals surface area (Å²) >= 11 is 10.9. The fourth-order valence-electron chi connectivity index (χ4n) is 1.62. The SMILES string of the molecule is COc1ccc(Cl)cc1NC(=O)C(=S)NCc1ccco1. The molecule has 110 valence electrons. The number of thiocarbonyl (C=S) groups is 1. The van der Waals surface area contributed by atoms with E-state index in [1.54, 1.807) is 36.6 Å². The van der Waals surface area contributed by atoms with Gasteiger partial charge in [-0.3, -0.25) is 4.79 Å². The highest BCUT2D eigenvalue weighted by atomic mass is 35.5. The summed E-state index contributed by atoms with van der Waals surface area (Å²) in [5, 5.41) is 5.95. The van der Waals surface area contributed by atoms with E-state index in [2.05, 4.69) is 10.6 Å². The summed E-state index contributed by atoms with van der Waals surface area (Å²) < 4.78 is 10.3. The Morgan fingerprint density at radius 1 is 1.43 bits per heavy atom. The number of carbonyl (C=O) groups is 1. The Morgan fingerprint density at radius 2 is 2.24 bits per heavy atom. The third-order valence-corrected chi connectivity index (χ3v) is 3.18. The normalized spacial score (nSPS) is 10.0. The molecule has 0 aliphatic heterocycles. The van der Waals surface area contributed by atoms with Crippen LogP contribution in [0, 0.1) is 0 Å². The van der Waals surface area contributed by atoms with E-state index in [-0.39, 0.29) is 4.99 Å². The van der Waals surface area contributed by atoms with Crippen LogP contribution in [0.25, 0.3) is 0 Å². The van der Waals surface area contributed by atoms with Gasteiger partial charge < -0.3 is 19.8 Å². The van der Waals surface area contributed by atoms with Crippen LogP contribution in [0.1, 0.15) is 5.76 Å². The number of halogens is 1. The molecule has 5 nitrogen and oxygen atoms in total. The van der Waals surface area contributed by atoms with Gasteiger partial charge in [-0.2, -0.15) is 0 Å². The summed E-state index contributed by atoms with van der Waals surface area (Å²) in [6.45, 7) is 0.339. The minimum atomic E-state index is -0.447. The molecule has 0 bridgehead atoms. The number of rotatable bonds is 4. The van der Waals surface area contributed by atoms with Crippen molar-refractivity contribution in [1.82, 2.24) is 5.32 Å². The van der Waals surface area contributed by atoms with Gasteiger partial charge in [-0.15, -0.1) is 0 Å². The third kappa shape index (κ3) is 4.21. The zero-order valence-electron chi connectivity index (χ0n) is 11.2. The monoisotopic (exact) mass is 324 g/mol. The minimum Gasteiger partial charge on any atom is -0.495 e. The number of amides is 1. The van der Waals surface area contributed by atoms with Crippen LogP contribution >= 0.6 is 23.8 Å². The first kappa shape index (κ1) is 15.3. The van der Waals surface area contributed by atoms with E-state index in [0.717, 1.165) is 0 Å². The van der Waals surface area contributed by atoms with Crippen molar-refractivity contribution >= 4 is 40.4 Å². The number of hydrogen-bond acceptors (Lipinski definition) is 4. The average molecular weight is 325 g/mol. The topological polar surface area (TPSA) is 63.5 Å².